The summed E-state index contributed by atoms with van der Waals surface area (Å²) in [6, 6.07) is 0. The average molecular weight is 159 g/mol. The molecule has 0 aromatic carbocycles. The fraction of sp³-hybridized carbons (Fsp3) is 0.857. The van der Waals surface area contributed by atoms with Gasteiger partial charge in [-0.3, -0.25) is 4.79 Å². The van der Waals surface area contributed by atoms with Gasteiger partial charge in [-0.15, -0.1) is 0 Å². The molecule has 0 aromatic rings. The third-order valence-electron chi connectivity index (χ3n) is 1.63. The molecule has 0 aromatic heterocycles. The predicted octanol–water partition coefficient (Wildman–Crippen LogP) is 1.96. The molecule has 1 saturated heterocycles. The summed E-state index contributed by atoms with van der Waals surface area (Å²) in [5, 5.41) is 0.272. The predicted molar refractivity (Wildman–Crippen MR) is 44.3 cm³/mol. The Hall–Kier alpha value is -0.180. The maximum absolute atomic E-state index is 11.0. The molecule has 1 aliphatic rings. The van der Waals surface area contributed by atoms with Gasteiger partial charge in [0.15, 0.2) is 0 Å². The Kier molecular flexibility index (Phi) is 3.06. The molecule has 0 saturated carbocycles. The van der Waals surface area contributed by atoms with Crippen LogP contribution in [0.1, 0.15) is 19.8 Å². The number of unbranched alkanes of at least 4 members (excludes halogenated alkanes) is 1. The van der Waals surface area contributed by atoms with Crippen molar-refractivity contribution in [3.63, 3.8) is 0 Å². The van der Waals surface area contributed by atoms with Crippen LogP contribution in [0.5, 0.6) is 0 Å². The van der Waals surface area contributed by atoms with Gasteiger partial charge in [-0.1, -0.05) is 25.1 Å². The maximum atomic E-state index is 11.0. The monoisotopic (exact) mass is 159 g/mol. The highest BCUT2D eigenvalue weighted by Crippen LogP contribution is 2.17. The van der Waals surface area contributed by atoms with Crippen molar-refractivity contribution in [1.29, 1.82) is 0 Å². The van der Waals surface area contributed by atoms with Crippen molar-refractivity contribution in [2.45, 2.75) is 19.8 Å². The molecule has 1 rings (SSSR count). The SMILES string of the molecule is CCCCN1CCSC1=O. The van der Waals surface area contributed by atoms with Crippen LogP contribution in [-0.2, 0) is 0 Å². The normalized spacial score (nSPS) is 18.5. The fourth-order valence-electron chi connectivity index (χ4n) is 0.978. The molecular weight excluding hydrogens is 146 g/mol. The van der Waals surface area contributed by atoms with E-state index in [1.807, 2.05) is 4.90 Å². The first-order chi connectivity index (χ1) is 4.84. The number of nitrogens with zero attached hydrogens (tertiary/aromatic N) is 1. The largest absolute Gasteiger partial charge is 0.333 e. The van der Waals surface area contributed by atoms with E-state index in [1.54, 1.807) is 0 Å². The Morgan fingerprint density at radius 2 is 2.50 bits per heavy atom. The molecule has 1 fully saturated rings. The van der Waals surface area contributed by atoms with Crippen molar-refractivity contribution < 1.29 is 4.79 Å². The topological polar surface area (TPSA) is 20.3 Å². The molecule has 0 bridgehead atoms. The standard InChI is InChI=1S/C7H13NOS/c1-2-3-4-8-5-6-10-7(8)9/h2-6H2,1H3. The van der Waals surface area contributed by atoms with Crippen LogP contribution in [0.3, 0.4) is 0 Å². The average Bonchev–Trinajstić information content (AvgIpc) is 2.31. The molecule has 0 atom stereocenters. The van der Waals surface area contributed by atoms with Crippen LogP contribution in [0, 0.1) is 0 Å². The van der Waals surface area contributed by atoms with Crippen LogP contribution in [0.15, 0.2) is 0 Å². The Morgan fingerprint density at radius 3 is 3.00 bits per heavy atom. The highest BCUT2D eigenvalue weighted by molar-refractivity contribution is 8.13. The maximum Gasteiger partial charge on any atom is 0.281 e. The molecular formula is C7H13NOS. The third-order valence-corrected chi connectivity index (χ3v) is 2.52. The van der Waals surface area contributed by atoms with Gasteiger partial charge >= 0.3 is 0 Å². The van der Waals surface area contributed by atoms with E-state index in [-0.39, 0.29) is 5.24 Å². The van der Waals surface area contributed by atoms with Crippen molar-refractivity contribution in [2.75, 3.05) is 18.8 Å². The summed E-state index contributed by atoms with van der Waals surface area (Å²) in [4.78, 5) is 12.9. The smallest absolute Gasteiger partial charge is 0.281 e. The van der Waals surface area contributed by atoms with Crippen LogP contribution in [0.4, 0.5) is 4.79 Å². The summed E-state index contributed by atoms with van der Waals surface area (Å²) >= 11 is 1.44. The van der Waals surface area contributed by atoms with Crippen molar-refractivity contribution in [3.05, 3.63) is 0 Å². The van der Waals surface area contributed by atoms with Crippen LogP contribution < -0.4 is 0 Å². The van der Waals surface area contributed by atoms with Gasteiger partial charge in [0, 0.05) is 18.8 Å². The summed E-state index contributed by atoms with van der Waals surface area (Å²) in [6.07, 6.45) is 2.32. The van der Waals surface area contributed by atoms with Gasteiger partial charge in [0.25, 0.3) is 5.24 Å². The number of amides is 1. The molecule has 1 aliphatic heterocycles. The van der Waals surface area contributed by atoms with E-state index in [2.05, 4.69) is 6.92 Å². The second kappa shape index (κ2) is 3.86. The van der Waals surface area contributed by atoms with Crippen molar-refractivity contribution in [3.8, 4) is 0 Å². The van der Waals surface area contributed by atoms with Crippen molar-refractivity contribution in [2.24, 2.45) is 0 Å². The van der Waals surface area contributed by atoms with Gasteiger partial charge in [-0.25, -0.2) is 0 Å². The van der Waals surface area contributed by atoms with Crippen LogP contribution in [0.25, 0.3) is 0 Å². The van der Waals surface area contributed by atoms with E-state index >= 15 is 0 Å². The van der Waals surface area contributed by atoms with Crippen LogP contribution in [0.2, 0.25) is 0 Å². The highest BCUT2D eigenvalue weighted by atomic mass is 32.2. The molecule has 3 heteroatoms. The number of thioether (sulfide) groups is 1. The van der Waals surface area contributed by atoms with Gasteiger partial charge in [0.05, 0.1) is 0 Å². The van der Waals surface area contributed by atoms with Crippen LogP contribution >= 0.6 is 11.8 Å². The number of carbonyl (C=O) groups is 1. The lowest BCUT2D eigenvalue weighted by atomic mass is 10.3. The Balaban J connectivity index is 2.20. The number of carbonyl (C=O) groups excluding carboxylic acids is 1. The molecule has 1 amide bonds. The lowest BCUT2D eigenvalue weighted by Gasteiger charge is -2.12. The highest BCUT2D eigenvalue weighted by Gasteiger charge is 2.19. The first-order valence-electron chi connectivity index (χ1n) is 3.76. The van der Waals surface area contributed by atoms with E-state index in [0.717, 1.165) is 25.3 Å². The lowest BCUT2D eigenvalue weighted by Crippen LogP contribution is -2.23. The summed E-state index contributed by atoms with van der Waals surface area (Å²) in [5.74, 6) is 0.989. The lowest BCUT2D eigenvalue weighted by molar-refractivity contribution is 0.229. The second-order valence-corrected chi connectivity index (χ2v) is 3.50. The summed E-state index contributed by atoms with van der Waals surface area (Å²) in [5.41, 5.74) is 0. The van der Waals surface area contributed by atoms with Gasteiger partial charge in [-0.2, -0.15) is 0 Å². The van der Waals surface area contributed by atoms with Crippen LogP contribution in [-0.4, -0.2) is 29.0 Å². The van der Waals surface area contributed by atoms with E-state index < -0.39 is 0 Å². The van der Waals surface area contributed by atoms with E-state index in [0.29, 0.717) is 0 Å². The molecule has 10 heavy (non-hydrogen) atoms. The molecule has 0 aliphatic carbocycles. The Bertz CT molecular complexity index is 127. The van der Waals surface area contributed by atoms with E-state index in [9.17, 15) is 4.79 Å². The zero-order chi connectivity index (χ0) is 7.40. The zero-order valence-corrected chi connectivity index (χ0v) is 7.12. The van der Waals surface area contributed by atoms with Crippen molar-refractivity contribution >= 4 is 17.0 Å². The number of rotatable bonds is 3. The molecule has 58 valence electrons. The third kappa shape index (κ3) is 1.90. The van der Waals surface area contributed by atoms with Gasteiger partial charge in [0.1, 0.15) is 0 Å². The number of hydrogen-bond donors (Lipinski definition) is 0. The summed E-state index contributed by atoms with van der Waals surface area (Å²) in [6.45, 7) is 4.07. The molecule has 0 N–H and O–H groups in total. The number of hydrogen-bond acceptors (Lipinski definition) is 2. The first kappa shape index (κ1) is 7.92. The Morgan fingerprint density at radius 1 is 1.70 bits per heavy atom. The summed E-state index contributed by atoms with van der Waals surface area (Å²) in [7, 11) is 0. The fourth-order valence-corrected chi connectivity index (χ4v) is 1.83. The quantitative estimate of drug-likeness (QED) is 0.627. The zero-order valence-electron chi connectivity index (χ0n) is 6.30. The molecule has 0 spiro atoms. The van der Waals surface area contributed by atoms with Crippen molar-refractivity contribution in [1.82, 2.24) is 4.90 Å². The molecule has 0 unspecified atom stereocenters. The van der Waals surface area contributed by atoms with Gasteiger partial charge in [-0.05, 0) is 6.42 Å². The van der Waals surface area contributed by atoms with E-state index in [4.69, 9.17) is 0 Å². The molecule has 1 heterocycles. The first-order valence-corrected chi connectivity index (χ1v) is 4.75. The molecule has 2 nitrogen and oxygen atoms in total. The minimum absolute atomic E-state index is 0.272. The van der Waals surface area contributed by atoms with E-state index in [1.165, 1.54) is 18.2 Å². The minimum Gasteiger partial charge on any atom is -0.333 e. The second-order valence-electron chi connectivity index (χ2n) is 2.45. The minimum atomic E-state index is 0.272. The van der Waals surface area contributed by atoms with Gasteiger partial charge < -0.3 is 4.90 Å². The van der Waals surface area contributed by atoms with Gasteiger partial charge in [0.2, 0.25) is 0 Å². The Labute approximate surface area is 66.0 Å². The molecule has 0 radical (unpaired) electrons. The summed E-state index contributed by atoms with van der Waals surface area (Å²) < 4.78 is 0.